The Bertz CT molecular complexity index is 1020. The predicted octanol–water partition coefficient (Wildman–Crippen LogP) is 5.20. The Morgan fingerprint density at radius 3 is 2.64 bits per heavy atom. The molecule has 3 rings (SSSR count). The highest BCUT2D eigenvalue weighted by Gasteiger charge is 2.14. The van der Waals surface area contributed by atoms with Crippen molar-refractivity contribution in [2.45, 2.75) is 19.8 Å². The minimum absolute atomic E-state index is 0.0294. The summed E-state index contributed by atoms with van der Waals surface area (Å²) in [4.78, 5) is 24.4. The van der Waals surface area contributed by atoms with E-state index in [4.69, 9.17) is 16.0 Å². The van der Waals surface area contributed by atoms with Gasteiger partial charge in [0.05, 0.1) is 17.5 Å². The normalized spacial score (nSPS) is 10.5. The number of aryl methyl sites for hydroxylation is 2. The van der Waals surface area contributed by atoms with E-state index >= 15 is 0 Å². The van der Waals surface area contributed by atoms with Crippen molar-refractivity contribution < 1.29 is 18.4 Å². The largest absolute Gasteiger partial charge is 0.469 e. The van der Waals surface area contributed by atoms with Crippen LogP contribution in [0, 0.1) is 12.7 Å². The standard InChI is InChI=1S/C21H18ClFN2O3/c1-13-17(9-10-28-13)21(27)25-19-12-16(6-7-18(19)23)24-20(26)8-5-14-3-2-4-15(22)11-14/h2-4,6-7,9-12H,5,8H2,1H3,(H,24,26)(H,25,27). The summed E-state index contributed by atoms with van der Waals surface area (Å²) >= 11 is 5.93. The second-order valence-electron chi connectivity index (χ2n) is 6.22. The molecule has 0 aliphatic carbocycles. The maximum absolute atomic E-state index is 14.1. The highest BCUT2D eigenvalue weighted by atomic mass is 35.5. The number of anilines is 2. The summed E-state index contributed by atoms with van der Waals surface area (Å²) in [7, 11) is 0. The van der Waals surface area contributed by atoms with E-state index in [-0.39, 0.29) is 18.0 Å². The third-order valence-corrected chi connectivity index (χ3v) is 4.37. The van der Waals surface area contributed by atoms with Crippen molar-refractivity contribution in [2.24, 2.45) is 0 Å². The van der Waals surface area contributed by atoms with Crippen LogP contribution in [0.15, 0.2) is 59.2 Å². The van der Waals surface area contributed by atoms with E-state index in [2.05, 4.69) is 10.6 Å². The van der Waals surface area contributed by atoms with E-state index in [0.29, 0.717) is 28.5 Å². The number of hydrogen-bond donors (Lipinski definition) is 2. The molecule has 0 bridgehead atoms. The highest BCUT2D eigenvalue weighted by Crippen LogP contribution is 2.22. The van der Waals surface area contributed by atoms with Crippen molar-refractivity contribution in [3.8, 4) is 0 Å². The van der Waals surface area contributed by atoms with Crippen molar-refractivity contribution in [3.63, 3.8) is 0 Å². The van der Waals surface area contributed by atoms with Gasteiger partial charge in [-0.05, 0) is 55.3 Å². The molecular weight excluding hydrogens is 383 g/mol. The summed E-state index contributed by atoms with van der Waals surface area (Å²) in [5.74, 6) is -0.890. The molecule has 0 aliphatic rings. The molecule has 2 aromatic carbocycles. The van der Waals surface area contributed by atoms with Crippen LogP contribution in [0.3, 0.4) is 0 Å². The fourth-order valence-corrected chi connectivity index (χ4v) is 2.90. The van der Waals surface area contributed by atoms with Crippen LogP contribution in [0.1, 0.15) is 28.1 Å². The van der Waals surface area contributed by atoms with Gasteiger partial charge in [-0.3, -0.25) is 9.59 Å². The summed E-state index contributed by atoms with van der Waals surface area (Å²) < 4.78 is 19.1. The molecule has 2 N–H and O–H groups in total. The number of benzene rings is 2. The van der Waals surface area contributed by atoms with Gasteiger partial charge in [-0.15, -0.1) is 0 Å². The summed E-state index contributed by atoms with van der Waals surface area (Å²) in [5.41, 5.74) is 1.62. The first-order valence-corrected chi connectivity index (χ1v) is 8.99. The maximum Gasteiger partial charge on any atom is 0.259 e. The molecule has 0 atom stereocenters. The molecule has 1 aromatic heterocycles. The van der Waals surface area contributed by atoms with Gasteiger partial charge in [0.15, 0.2) is 0 Å². The lowest BCUT2D eigenvalue weighted by Gasteiger charge is -2.10. The topological polar surface area (TPSA) is 71.3 Å². The third-order valence-electron chi connectivity index (χ3n) is 4.13. The van der Waals surface area contributed by atoms with Crippen molar-refractivity contribution in [2.75, 3.05) is 10.6 Å². The summed E-state index contributed by atoms with van der Waals surface area (Å²) in [6.07, 6.45) is 2.15. The second kappa shape index (κ2) is 8.71. The third kappa shape index (κ3) is 4.98. The van der Waals surface area contributed by atoms with Crippen LogP contribution in [-0.2, 0) is 11.2 Å². The first-order chi connectivity index (χ1) is 13.4. The Kier molecular flexibility index (Phi) is 6.11. The molecule has 28 heavy (non-hydrogen) atoms. The van der Waals surface area contributed by atoms with Gasteiger partial charge < -0.3 is 15.1 Å². The molecule has 144 valence electrons. The second-order valence-corrected chi connectivity index (χ2v) is 6.65. The van der Waals surface area contributed by atoms with Crippen LogP contribution >= 0.6 is 11.6 Å². The first-order valence-electron chi connectivity index (χ1n) is 8.61. The number of furan rings is 1. The minimum atomic E-state index is -0.605. The van der Waals surface area contributed by atoms with Crippen LogP contribution in [0.5, 0.6) is 0 Å². The SMILES string of the molecule is Cc1occc1C(=O)Nc1cc(NC(=O)CCc2cccc(Cl)c2)ccc1F. The van der Waals surface area contributed by atoms with Gasteiger partial charge >= 0.3 is 0 Å². The number of amides is 2. The summed E-state index contributed by atoms with van der Waals surface area (Å²) in [6.45, 7) is 1.64. The fraction of sp³-hybridized carbons (Fsp3) is 0.143. The summed E-state index contributed by atoms with van der Waals surface area (Å²) in [5, 5.41) is 5.81. The number of carbonyl (C=O) groups is 2. The van der Waals surface area contributed by atoms with Crippen molar-refractivity contribution in [3.05, 3.63) is 82.5 Å². The molecule has 3 aromatic rings. The maximum atomic E-state index is 14.1. The lowest BCUT2D eigenvalue weighted by molar-refractivity contribution is -0.116. The average Bonchev–Trinajstić information content (AvgIpc) is 3.09. The number of nitrogens with one attached hydrogen (secondary N) is 2. The van der Waals surface area contributed by atoms with E-state index in [9.17, 15) is 14.0 Å². The molecule has 0 saturated heterocycles. The monoisotopic (exact) mass is 400 g/mol. The lowest BCUT2D eigenvalue weighted by atomic mass is 10.1. The molecule has 2 amide bonds. The minimum Gasteiger partial charge on any atom is -0.469 e. The molecule has 0 spiro atoms. The van der Waals surface area contributed by atoms with Crippen LogP contribution < -0.4 is 10.6 Å². The van der Waals surface area contributed by atoms with Crippen LogP contribution in [0.2, 0.25) is 5.02 Å². The predicted molar refractivity (Wildman–Crippen MR) is 106 cm³/mol. The van der Waals surface area contributed by atoms with E-state index in [1.165, 1.54) is 30.5 Å². The van der Waals surface area contributed by atoms with Crippen LogP contribution in [0.4, 0.5) is 15.8 Å². The van der Waals surface area contributed by atoms with E-state index in [0.717, 1.165) is 5.56 Å². The Hall–Kier alpha value is -3.12. The quantitative estimate of drug-likeness (QED) is 0.597. The number of hydrogen-bond acceptors (Lipinski definition) is 3. The van der Waals surface area contributed by atoms with Gasteiger partial charge in [0.1, 0.15) is 11.6 Å². The zero-order valence-corrected chi connectivity index (χ0v) is 15.8. The van der Waals surface area contributed by atoms with Crippen LogP contribution in [0.25, 0.3) is 0 Å². The first kappa shape index (κ1) is 19.6. The van der Waals surface area contributed by atoms with Crippen molar-refractivity contribution >= 4 is 34.8 Å². The molecule has 0 aliphatic heterocycles. The Labute approximate surface area is 166 Å². The van der Waals surface area contributed by atoms with Crippen molar-refractivity contribution in [1.82, 2.24) is 0 Å². The Morgan fingerprint density at radius 1 is 1.11 bits per heavy atom. The van der Waals surface area contributed by atoms with Crippen molar-refractivity contribution in [1.29, 1.82) is 0 Å². The molecule has 0 saturated carbocycles. The fourth-order valence-electron chi connectivity index (χ4n) is 2.68. The molecule has 0 fully saturated rings. The van der Waals surface area contributed by atoms with E-state index < -0.39 is 11.7 Å². The molecule has 5 nitrogen and oxygen atoms in total. The van der Waals surface area contributed by atoms with E-state index in [1.54, 1.807) is 19.1 Å². The molecule has 0 unspecified atom stereocenters. The van der Waals surface area contributed by atoms with Gasteiger partial charge in [0.25, 0.3) is 5.91 Å². The van der Waals surface area contributed by atoms with Gasteiger partial charge in [0.2, 0.25) is 5.91 Å². The summed E-state index contributed by atoms with van der Waals surface area (Å²) in [6, 6.07) is 12.8. The smallest absolute Gasteiger partial charge is 0.259 e. The average molecular weight is 401 g/mol. The van der Waals surface area contributed by atoms with Gasteiger partial charge in [-0.2, -0.15) is 0 Å². The lowest BCUT2D eigenvalue weighted by Crippen LogP contribution is -2.15. The Balaban J connectivity index is 1.63. The Morgan fingerprint density at radius 2 is 1.93 bits per heavy atom. The molecular formula is C21H18ClFN2O3. The zero-order valence-electron chi connectivity index (χ0n) is 15.1. The van der Waals surface area contributed by atoms with E-state index in [1.807, 2.05) is 12.1 Å². The van der Waals surface area contributed by atoms with Gasteiger partial charge in [-0.1, -0.05) is 23.7 Å². The van der Waals surface area contributed by atoms with Crippen LogP contribution in [-0.4, -0.2) is 11.8 Å². The zero-order chi connectivity index (χ0) is 20.1. The van der Waals surface area contributed by atoms with Gasteiger partial charge in [-0.25, -0.2) is 4.39 Å². The number of rotatable bonds is 6. The van der Waals surface area contributed by atoms with Gasteiger partial charge in [0, 0.05) is 17.1 Å². The number of carbonyl (C=O) groups excluding carboxylic acids is 2. The highest BCUT2D eigenvalue weighted by molar-refractivity contribution is 6.30. The molecule has 1 heterocycles. The molecule has 7 heteroatoms. The molecule has 0 radical (unpaired) electrons. The number of halogens is 2.